The molecule has 3 aromatic rings. The van der Waals surface area contributed by atoms with Crippen LogP contribution in [0.2, 0.25) is 0 Å². The lowest BCUT2D eigenvalue weighted by Crippen LogP contribution is -2.35. The van der Waals surface area contributed by atoms with Crippen molar-refractivity contribution >= 4 is 28.5 Å². The van der Waals surface area contributed by atoms with Crippen molar-refractivity contribution in [3.05, 3.63) is 65.7 Å². The molecule has 0 fully saturated rings. The highest BCUT2D eigenvalue weighted by molar-refractivity contribution is 5.99. The van der Waals surface area contributed by atoms with E-state index in [1.165, 1.54) is 29.2 Å². The van der Waals surface area contributed by atoms with Gasteiger partial charge in [0.2, 0.25) is 5.76 Å². The Hall–Kier alpha value is -3.66. The molecule has 0 spiro atoms. The summed E-state index contributed by atoms with van der Waals surface area (Å²) in [5.41, 5.74) is 1.60. The van der Waals surface area contributed by atoms with Gasteiger partial charge in [0.05, 0.1) is 12.5 Å². The number of fused-ring (bicyclic) bond motifs is 1. The van der Waals surface area contributed by atoms with Gasteiger partial charge in [0.25, 0.3) is 5.91 Å². The minimum atomic E-state index is -0.749. The Kier molecular flexibility index (Phi) is 5.70. The zero-order valence-corrected chi connectivity index (χ0v) is 15.1. The second-order valence-corrected chi connectivity index (χ2v) is 6.06. The molecular weight excluding hydrogens is 363 g/mol. The molecule has 0 aliphatic heterocycles. The number of anilines is 1. The van der Waals surface area contributed by atoms with Crippen LogP contribution in [-0.4, -0.2) is 25.0 Å². The minimum Gasteiger partial charge on any atom is -0.450 e. The lowest BCUT2D eigenvalue weighted by Gasteiger charge is -2.21. The van der Waals surface area contributed by atoms with Crippen LogP contribution in [0, 0.1) is 24.1 Å². The molecule has 7 heteroatoms. The van der Waals surface area contributed by atoms with Crippen LogP contribution in [-0.2, 0) is 9.53 Å². The van der Waals surface area contributed by atoms with Crippen molar-refractivity contribution in [1.29, 1.82) is 5.26 Å². The molecule has 1 aromatic heterocycles. The van der Waals surface area contributed by atoms with Crippen LogP contribution in [0.5, 0.6) is 0 Å². The Morgan fingerprint density at radius 1 is 1.18 bits per heavy atom. The number of rotatable bonds is 6. The van der Waals surface area contributed by atoms with E-state index in [0.29, 0.717) is 16.8 Å². The van der Waals surface area contributed by atoms with Crippen LogP contribution in [0.3, 0.4) is 0 Å². The number of hydrogen-bond donors (Lipinski definition) is 0. The van der Waals surface area contributed by atoms with Gasteiger partial charge < -0.3 is 14.1 Å². The molecule has 0 bridgehead atoms. The van der Waals surface area contributed by atoms with Gasteiger partial charge in [0.1, 0.15) is 11.4 Å². The second kappa shape index (κ2) is 8.35. The summed E-state index contributed by atoms with van der Waals surface area (Å²) in [5, 5.41) is 9.60. The smallest absolute Gasteiger partial charge is 0.375 e. The first-order valence-corrected chi connectivity index (χ1v) is 8.59. The molecular formula is C21H17FN2O4. The molecule has 28 heavy (non-hydrogen) atoms. The van der Waals surface area contributed by atoms with Gasteiger partial charge in [-0.3, -0.25) is 4.79 Å². The first-order chi connectivity index (χ1) is 13.5. The predicted molar refractivity (Wildman–Crippen MR) is 100 cm³/mol. The molecule has 0 aliphatic carbocycles. The molecule has 0 saturated carbocycles. The topological polar surface area (TPSA) is 83.5 Å². The molecule has 2 aromatic carbocycles. The van der Waals surface area contributed by atoms with Crippen molar-refractivity contribution in [1.82, 2.24) is 0 Å². The summed E-state index contributed by atoms with van der Waals surface area (Å²) in [6.07, 6.45) is 0.0831. The SMILES string of the molecule is Cc1c(C(=O)OCC(=O)N(CCC#N)c2ccc(F)cc2)oc2ccccc12. The van der Waals surface area contributed by atoms with Crippen LogP contribution in [0.25, 0.3) is 11.0 Å². The number of carbonyl (C=O) groups is 2. The summed E-state index contributed by atoms with van der Waals surface area (Å²) in [7, 11) is 0. The Labute approximate surface area is 160 Å². The highest BCUT2D eigenvalue weighted by Crippen LogP contribution is 2.25. The summed E-state index contributed by atoms with van der Waals surface area (Å²) in [6, 6.07) is 14.4. The van der Waals surface area contributed by atoms with Gasteiger partial charge in [-0.25, -0.2) is 9.18 Å². The maximum Gasteiger partial charge on any atom is 0.375 e. The van der Waals surface area contributed by atoms with Crippen LogP contribution >= 0.6 is 0 Å². The van der Waals surface area contributed by atoms with Crippen LogP contribution in [0.15, 0.2) is 52.9 Å². The van der Waals surface area contributed by atoms with Gasteiger partial charge in [-0.2, -0.15) is 5.26 Å². The lowest BCUT2D eigenvalue weighted by atomic mass is 10.1. The summed E-state index contributed by atoms with van der Waals surface area (Å²) in [6.45, 7) is 1.31. The van der Waals surface area contributed by atoms with Crippen molar-refractivity contribution in [2.24, 2.45) is 0 Å². The van der Waals surface area contributed by atoms with E-state index in [2.05, 4.69) is 0 Å². The molecule has 142 valence electrons. The van der Waals surface area contributed by atoms with E-state index in [9.17, 15) is 14.0 Å². The monoisotopic (exact) mass is 380 g/mol. The molecule has 3 rings (SSSR count). The van der Waals surface area contributed by atoms with Gasteiger partial charge in [0.15, 0.2) is 6.61 Å². The fraction of sp³-hybridized carbons (Fsp3) is 0.190. The number of para-hydroxylation sites is 1. The van der Waals surface area contributed by atoms with Crippen molar-refractivity contribution in [2.75, 3.05) is 18.1 Å². The van der Waals surface area contributed by atoms with Crippen molar-refractivity contribution in [2.45, 2.75) is 13.3 Å². The molecule has 6 nitrogen and oxygen atoms in total. The van der Waals surface area contributed by atoms with E-state index in [0.717, 1.165) is 5.39 Å². The number of nitriles is 1. The van der Waals surface area contributed by atoms with Crippen LogP contribution < -0.4 is 4.90 Å². The average molecular weight is 380 g/mol. The third-order valence-corrected chi connectivity index (χ3v) is 4.24. The number of aryl methyl sites for hydroxylation is 1. The third kappa shape index (κ3) is 4.01. The van der Waals surface area contributed by atoms with Crippen molar-refractivity contribution in [3.8, 4) is 6.07 Å². The van der Waals surface area contributed by atoms with E-state index >= 15 is 0 Å². The highest BCUT2D eigenvalue weighted by atomic mass is 19.1. The highest BCUT2D eigenvalue weighted by Gasteiger charge is 2.22. The fourth-order valence-electron chi connectivity index (χ4n) is 2.82. The molecule has 1 heterocycles. The fourth-order valence-corrected chi connectivity index (χ4v) is 2.82. The Morgan fingerprint density at radius 3 is 2.57 bits per heavy atom. The number of nitrogens with zero attached hydrogens (tertiary/aromatic N) is 2. The number of esters is 1. The Morgan fingerprint density at radius 2 is 1.89 bits per heavy atom. The van der Waals surface area contributed by atoms with E-state index in [-0.39, 0.29) is 18.7 Å². The van der Waals surface area contributed by atoms with Gasteiger partial charge in [0, 0.05) is 23.2 Å². The number of furan rings is 1. The van der Waals surface area contributed by atoms with Gasteiger partial charge >= 0.3 is 5.97 Å². The quantitative estimate of drug-likeness (QED) is 0.604. The van der Waals surface area contributed by atoms with Crippen LogP contribution in [0.1, 0.15) is 22.5 Å². The zero-order valence-electron chi connectivity index (χ0n) is 15.1. The zero-order chi connectivity index (χ0) is 20.1. The lowest BCUT2D eigenvalue weighted by molar-refractivity contribution is -0.121. The standard InChI is InChI=1S/C21H17FN2O4/c1-14-17-5-2-3-6-18(17)28-20(14)21(26)27-13-19(25)24(12-4-11-23)16-9-7-15(22)8-10-16/h2-3,5-10H,4,12-13H2,1H3. The minimum absolute atomic E-state index is 0.0411. The summed E-state index contributed by atoms with van der Waals surface area (Å²) < 4.78 is 23.8. The molecule has 0 unspecified atom stereocenters. The Balaban J connectivity index is 1.72. The summed E-state index contributed by atoms with van der Waals surface area (Å²) in [4.78, 5) is 26.2. The molecule has 0 radical (unpaired) electrons. The predicted octanol–water partition coefficient (Wildman–Crippen LogP) is 3.98. The number of carbonyl (C=O) groups excluding carboxylic acids is 2. The molecule has 0 atom stereocenters. The molecule has 0 N–H and O–H groups in total. The maximum atomic E-state index is 13.1. The summed E-state index contributed by atoms with van der Waals surface area (Å²) >= 11 is 0. The average Bonchev–Trinajstić information content (AvgIpc) is 3.04. The number of hydrogen-bond acceptors (Lipinski definition) is 5. The van der Waals surface area contributed by atoms with E-state index in [1.807, 2.05) is 18.2 Å². The van der Waals surface area contributed by atoms with Gasteiger partial charge in [-0.05, 0) is 37.3 Å². The van der Waals surface area contributed by atoms with Crippen molar-refractivity contribution < 1.29 is 23.1 Å². The van der Waals surface area contributed by atoms with Crippen LogP contribution in [0.4, 0.5) is 10.1 Å². The van der Waals surface area contributed by atoms with Crippen molar-refractivity contribution in [3.63, 3.8) is 0 Å². The number of amides is 1. The summed E-state index contributed by atoms with van der Waals surface area (Å²) in [5.74, 6) is -1.67. The van der Waals surface area contributed by atoms with E-state index in [4.69, 9.17) is 14.4 Å². The van der Waals surface area contributed by atoms with Gasteiger partial charge in [-0.15, -0.1) is 0 Å². The molecule has 1 amide bonds. The largest absolute Gasteiger partial charge is 0.450 e. The number of benzene rings is 2. The van der Waals surface area contributed by atoms with E-state index in [1.54, 1.807) is 19.1 Å². The number of ether oxygens (including phenoxy) is 1. The molecule has 0 saturated heterocycles. The normalized spacial score (nSPS) is 10.5. The molecule has 0 aliphatic rings. The Bertz CT molecular complexity index is 1050. The first kappa shape index (κ1) is 19.1. The maximum absolute atomic E-state index is 13.1. The third-order valence-electron chi connectivity index (χ3n) is 4.24. The second-order valence-electron chi connectivity index (χ2n) is 6.06. The van der Waals surface area contributed by atoms with E-state index < -0.39 is 24.3 Å². The number of halogens is 1. The van der Waals surface area contributed by atoms with Gasteiger partial charge in [-0.1, -0.05) is 18.2 Å². The first-order valence-electron chi connectivity index (χ1n) is 8.59.